The van der Waals surface area contributed by atoms with Crippen LogP contribution < -0.4 is 5.73 Å². The first-order valence-electron chi connectivity index (χ1n) is 4.69. The third-order valence-electron chi connectivity index (χ3n) is 3.29. The van der Waals surface area contributed by atoms with E-state index in [1.54, 1.807) is 0 Å². The van der Waals surface area contributed by atoms with Gasteiger partial charge in [-0.05, 0) is 44.4 Å². The molecular weight excluding hydrogens is 138 g/mol. The van der Waals surface area contributed by atoms with Crippen molar-refractivity contribution in [3.8, 4) is 0 Å². The monoisotopic (exact) mass is 155 g/mol. The summed E-state index contributed by atoms with van der Waals surface area (Å²) in [7, 11) is 0. The van der Waals surface area contributed by atoms with Gasteiger partial charge < -0.3 is 10.8 Å². The van der Waals surface area contributed by atoms with E-state index in [9.17, 15) is 5.11 Å². The summed E-state index contributed by atoms with van der Waals surface area (Å²) in [5.74, 6) is 0.572. The van der Waals surface area contributed by atoms with Crippen LogP contribution in [0.1, 0.15) is 38.5 Å². The van der Waals surface area contributed by atoms with E-state index >= 15 is 0 Å². The van der Waals surface area contributed by atoms with Crippen LogP contribution in [0.2, 0.25) is 0 Å². The van der Waals surface area contributed by atoms with Crippen LogP contribution in [0, 0.1) is 5.92 Å². The van der Waals surface area contributed by atoms with Crippen LogP contribution in [-0.4, -0.2) is 16.7 Å². The Hall–Kier alpha value is -0.0800. The molecule has 2 fully saturated rings. The van der Waals surface area contributed by atoms with Gasteiger partial charge in [0.15, 0.2) is 0 Å². The van der Waals surface area contributed by atoms with E-state index < -0.39 is 0 Å². The number of hydrogen-bond acceptors (Lipinski definition) is 2. The second kappa shape index (κ2) is 2.46. The normalized spacial score (nSPS) is 42.0. The highest BCUT2D eigenvalue weighted by Gasteiger charge is 2.47. The van der Waals surface area contributed by atoms with Crippen molar-refractivity contribution in [2.45, 2.75) is 50.2 Å². The number of rotatable bonds is 1. The van der Waals surface area contributed by atoms with Gasteiger partial charge in [-0.25, -0.2) is 0 Å². The molecule has 2 nitrogen and oxygen atoms in total. The molecule has 0 bridgehead atoms. The lowest BCUT2D eigenvalue weighted by Crippen LogP contribution is -2.32. The van der Waals surface area contributed by atoms with E-state index in [2.05, 4.69) is 0 Å². The summed E-state index contributed by atoms with van der Waals surface area (Å²) >= 11 is 0. The van der Waals surface area contributed by atoms with Crippen molar-refractivity contribution in [1.82, 2.24) is 0 Å². The molecule has 2 saturated carbocycles. The third kappa shape index (κ3) is 1.42. The molecule has 2 rings (SSSR count). The molecule has 2 heteroatoms. The van der Waals surface area contributed by atoms with Gasteiger partial charge in [0.25, 0.3) is 0 Å². The molecule has 0 amide bonds. The Balaban J connectivity index is 1.87. The maximum atomic E-state index is 9.80. The second-order valence-corrected chi connectivity index (χ2v) is 4.22. The third-order valence-corrected chi connectivity index (χ3v) is 3.29. The minimum absolute atomic E-state index is 0.250. The summed E-state index contributed by atoms with van der Waals surface area (Å²) in [6, 6.07) is 0.411. The highest BCUT2D eigenvalue weighted by molar-refractivity contribution is 5.00. The molecule has 0 radical (unpaired) electrons. The van der Waals surface area contributed by atoms with Gasteiger partial charge in [0.05, 0.1) is 5.60 Å². The summed E-state index contributed by atoms with van der Waals surface area (Å²) in [5.41, 5.74) is 5.53. The Labute approximate surface area is 67.8 Å². The minimum Gasteiger partial charge on any atom is -0.390 e. The number of aliphatic hydroxyl groups is 1. The maximum Gasteiger partial charge on any atom is 0.0678 e. The fourth-order valence-electron chi connectivity index (χ4n) is 2.19. The molecule has 2 aliphatic rings. The van der Waals surface area contributed by atoms with Crippen LogP contribution in [-0.2, 0) is 0 Å². The maximum absolute atomic E-state index is 9.80. The molecule has 0 aliphatic heterocycles. The summed E-state index contributed by atoms with van der Waals surface area (Å²) in [5, 5.41) is 9.80. The zero-order valence-electron chi connectivity index (χ0n) is 6.92. The van der Waals surface area contributed by atoms with Crippen molar-refractivity contribution in [2.75, 3.05) is 0 Å². The average Bonchev–Trinajstić information content (AvgIpc) is 2.70. The zero-order chi connectivity index (χ0) is 7.90. The first-order chi connectivity index (χ1) is 5.21. The van der Waals surface area contributed by atoms with Gasteiger partial charge in [-0.1, -0.05) is 0 Å². The smallest absolute Gasteiger partial charge is 0.0678 e. The van der Waals surface area contributed by atoms with Crippen molar-refractivity contribution in [1.29, 1.82) is 0 Å². The van der Waals surface area contributed by atoms with Gasteiger partial charge in [0.1, 0.15) is 0 Å². The van der Waals surface area contributed by atoms with Gasteiger partial charge in [-0.2, -0.15) is 0 Å². The van der Waals surface area contributed by atoms with Crippen molar-refractivity contribution < 1.29 is 5.11 Å². The molecule has 0 unspecified atom stereocenters. The Bertz CT molecular complexity index is 146. The Morgan fingerprint density at radius 3 is 2.09 bits per heavy atom. The fourth-order valence-corrected chi connectivity index (χ4v) is 2.19. The summed E-state index contributed by atoms with van der Waals surface area (Å²) in [6.07, 6.45) is 6.61. The molecule has 2 aliphatic carbocycles. The molecule has 11 heavy (non-hydrogen) atoms. The van der Waals surface area contributed by atoms with Crippen LogP contribution in [0.15, 0.2) is 0 Å². The summed E-state index contributed by atoms with van der Waals surface area (Å²) in [4.78, 5) is 0. The van der Waals surface area contributed by atoms with Gasteiger partial charge in [-0.15, -0.1) is 0 Å². The van der Waals surface area contributed by atoms with Crippen molar-refractivity contribution in [3.05, 3.63) is 0 Å². The lowest BCUT2D eigenvalue weighted by Gasteiger charge is -2.29. The van der Waals surface area contributed by atoms with Gasteiger partial charge in [0, 0.05) is 6.04 Å². The summed E-state index contributed by atoms with van der Waals surface area (Å²) in [6.45, 7) is 0. The predicted molar refractivity (Wildman–Crippen MR) is 44.1 cm³/mol. The molecule has 0 spiro atoms. The van der Waals surface area contributed by atoms with E-state index in [1.165, 1.54) is 0 Å². The minimum atomic E-state index is -0.250. The molecule has 0 heterocycles. The van der Waals surface area contributed by atoms with E-state index in [4.69, 9.17) is 5.73 Å². The number of hydrogen-bond donors (Lipinski definition) is 2. The lowest BCUT2D eigenvalue weighted by atomic mass is 9.82. The fraction of sp³-hybridized carbons (Fsp3) is 1.00. The van der Waals surface area contributed by atoms with E-state index in [0.29, 0.717) is 12.0 Å². The van der Waals surface area contributed by atoms with Gasteiger partial charge >= 0.3 is 0 Å². The Morgan fingerprint density at radius 1 is 1.09 bits per heavy atom. The van der Waals surface area contributed by atoms with Crippen LogP contribution in [0.3, 0.4) is 0 Å². The van der Waals surface area contributed by atoms with E-state index in [0.717, 1.165) is 38.5 Å². The van der Waals surface area contributed by atoms with E-state index in [-0.39, 0.29) is 5.60 Å². The first kappa shape index (κ1) is 7.56. The standard InChI is InChI=1S/C9H17NO/c10-8-3-1-7(2-4-8)9(11)5-6-9/h7-8,11H,1-6,10H2/t7-,8-. The summed E-state index contributed by atoms with van der Waals surface area (Å²) < 4.78 is 0. The SMILES string of the molecule is N[C@H]1CC[C@H](C2(O)CC2)CC1. The van der Waals surface area contributed by atoms with Crippen molar-refractivity contribution >= 4 is 0 Å². The van der Waals surface area contributed by atoms with Crippen molar-refractivity contribution in [3.63, 3.8) is 0 Å². The van der Waals surface area contributed by atoms with Crippen LogP contribution in [0.5, 0.6) is 0 Å². The average molecular weight is 155 g/mol. The molecule has 0 aromatic carbocycles. The quantitative estimate of drug-likeness (QED) is 0.594. The molecule has 0 atom stereocenters. The van der Waals surface area contributed by atoms with Gasteiger partial charge in [-0.3, -0.25) is 0 Å². The Kier molecular flexibility index (Phi) is 1.69. The number of nitrogens with two attached hydrogens (primary N) is 1. The largest absolute Gasteiger partial charge is 0.390 e. The second-order valence-electron chi connectivity index (χ2n) is 4.22. The zero-order valence-corrected chi connectivity index (χ0v) is 6.92. The highest BCUT2D eigenvalue weighted by atomic mass is 16.3. The molecule has 64 valence electrons. The molecule has 0 aromatic heterocycles. The topological polar surface area (TPSA) is 46.2 Å². The van der Waals surface area contributed by atoms with Crippen LogP contribution in [0.25, 0.3) is 0 Å². The van der Waals surface area contributed by atoms with Crippen LogP contribution in [0.4, 0.5) is 0 Å². The highest BCUT2D eigenvalue weighted by Crippen LogP contribution is 2.47. The van der Waals surface area contributed by atoms with Crippen LogP contribution >= 0.6 is 0 Å². The first-order valence-corrected chi connectivity index (χ1v) is 4.69. The lowest BCUT2D eigenvalue weighted by molar-refractivity contribution is 0.0578. The molecular formula is C9H17NO. The predicted octanol–water partition coefficient (Wildman–Crippen LogP) is 1.03. The van der Waals surface area contributed by atoms with Crippen molar-refractivity contribution in [2.24, 2.45) is 11.7 Å². The van der Waals surface area contributed by atoms with Gasteiger partial charge in [0.2, 0.25) is 0 Å². The Morgan fingerprint density at radius 2 is 1.64 bits per heavy atom. The molecule has 0 aromatic rings. The van der Waals surface area contributed by atoms with E-state index in [1.807, 2.05) is 0 Å². The molecule has 0 saturated heterocycles. The molecule has 3 N–H and O–H groups in total.